The Morgan fingerprint density at radius 3 is 2.10 bits per heavy atom. The third kappa shape index (κ3) is 9.00. The number of hydrogen-bond acceptors (Lipinski definition) is 6. The van der Waals surface area contributed by atoms with Gasteiger partial charge in [0.05, 0.1) is 24.8 Å². The van der Waals surface area contributed by atoms with Gasteiger partial charge in [-0.25, -0.2) is 8.42 Å². The van der Waals surface area contributed by atoms with Crippen molar-refractivity contribution in [2.75, 3.05) is 25.1 Å². The van der Waals surface area contributed by atoms with E-state index in [0.717, 1.165) is 9.87 Å². The molecule has 0 aliphatic rings. The summed E-state index contributed by atoms with van der Waals surface area (Å²) in [6, 6.07) is 25.6. The average Bonchev–Trinajstić information content (AvgIpc) is 3.09. The lowest BCUT2D eigenvalue weighted by Gasteiger charge is -2.34. The van der Waals surface area contributed by atoms with E-state index < -0.39 is 28.5 Å². The van der Waals surface area contributed by atoms with Crippen molar-refractivity contribution >= 4 is 50.7 Å². The summed E-state index contributed by atoms with van der Waals surface area (Å²) in [5.41, 5.74) is 1.62. The largest absolute Gasteiger partial charge is 0.493 e. The standard InChI is InChI=1S/C36H39Cl2N3O6S/c1-5-25(2)39-36(43)32(20-26-12-8-6-9-13-26)40(23-27-16-17-28(37)21-31(27)38)35(42)24-41(29-14-10-7-11-15-29)48(44,45)30-18-19-33(46-3)34(22-30)47-4/h6-19,21-22,25,32H,5,20,23-24H2,1-4H3,(H,39,43)/t25-,32-/m1/s1. The summed E-state index contributed by atoms with van der Waals surface area (Å²) in [5, 5.41) is 3.73. The minimum Gasteiger partial charge on any atom is -0.493 e. The summed E-state index contributed by atoms with van der Waals surface area (Å²) < 4.78 is 40.4. The molecule has 48 heavy (non-hydrogen) atoms. The SMILES string of the molecule is CC[C@@H](C)NC(=O)[C@@H](Cc1ccccc1)N(Cc1ccc(Cl)cc1Cl)C(=O)CN(c1ccccc1)S(=O)(=O)c1ccc(OC)c(OC)c1. The summed E-state index contributed by atoms with van der Waals surface area (Å²) in [5.74, 6) is -0.433. The topological polar surface area (TPSA) is 105 Å². The predicted molar refractivity (Wildman–Crippen MR) is 189 cm³/mol. The second-order valence-electron chi connectivity index (χ2n) is 11.1. The minimum atomic E-state index is -4.35. The lowest BCUT2D eigenvalue weighted by atomic mass is 10.0. The predicted octanol–water partition coefficient (Wildman–Crippen LogP) is 6.76. The molecular weight excluding hydrogens is 673 g/mol. The molecule has 9 nitrogen and oxygen atoms in total. The number of carbonyl (C=O) groups is 2. The summed E-state index contributed by atoms with van der Waals surface area (Å²) in [6.45, 7) is 3.13. The zero-order chi connectivity index (χ0) is 34.8. The highest BCUT2D eigenvalue weighted by Crippen LogP contribution is 2.33. The molecule has 0 saturated heterocycles. The quantitative estimate of drug-likeness (QED) is 0.146. The normalized spacial score (nSPS) is 12.5. The van der Waals surface area contributed by atoms with E-state index in [4.69, 9.17) is 32.7 Å². The Balaban J connectivity index is 1.83. The van der Waals surface area contributed by atoms with E-state index in [1.165, 1.54) is 37.3 Å². The van der Waals surface area contributed by atoms with Crippen LogP contribution in [0.5, 0.6) is 11.5 Å². The molecule has 254 valence electrons. The smallest absolute Gasteiger partial charge is 0.264 e. The number of hydrogen-bond donors (Lipinski definition) is 1. The highest BCUT2D eigenvalue weighted by Gasteiger charge is 2.35. The Kier molecular flexibility index (Phi) is 12.7. The van der Waals surface area contributed by atoms with Crippen LogP contribution in [-0.2, 0) is 32.6 Å². The van der Waals surface area contributed by atoms with Gasteiger partial charge in [-0.05, 0) is 60.9 Å². The molecule has 4 rings (SSSR count). The van der Waals surface area contributed by atoms with Crippen LogP contribution in [0.15, 0.2) is 102 Å². The van der Waals surface area contributed by atoms with E-state index in [-0.39, 0.29) is 41.2 Å². The van der Waals surface area contributed by atoms with E-state index in [1.54, 1.807) is 48.5 Å². The van der Waals surface area contributed by atoms with Crippen molar-refractivity contribution in [1.82, 2.24) is 10.2 Å². The van der Waals surface area contributed by atoms with Crippen LogP contribution in [0, 0.1) is 0 Å². The van der Waals surface area contributed by atoms with Crippen LogP contribution in [0.25, 0.3) is 0 Å². The lowest BCUT2D eigenvalue weighted by molar-refractivity contribution is -0.140. The van der Waals surface area contributed by atoms with Gasteiger partial charge in [-0.2, -0.15) is 0 Å². The molecule has 4 aromatic rings. The molecule has 4 aromatic carbocycles. The maximum absolute atomic E-state index is 14.6. The number of ether oxygens (including phenoxy) is 2. The van der Waals surface area contributed by atoms with E-state index in [9.17, 15) is 18.0 Å². The fraction of sp³-hybridized carbons (Fsp3) is 0.278. The molecule has 2 atom stereocenters. The number of amides is 2. The summed E-state index contributed by atoms with van der Waals surface area (Å²) in [7, 11) is -1.49. The van der Waals surface area contributed by atoms with Crippen LogP contribution in [-0.4, -0.2) is 58.0 Å². The molecular formula is C36H39Cl2N3O6S. The number of anilines is 1. The Bertz CT molecular complexity index is 1810. The molecule has 0 heterocycles. The molecule has 0 radical (unpaired) electrons. The first-order valence-electron chi connectivity index (χ1n) is 15.4. The maximum Gasteiger partial charge on any atom is 0.264 e. The number of carbonyl (C=O) groups excluding carboxylic acids is 2. The highest BCUT2D eigenvalue weighted by molar-refractivity contribution is 7.92. The number of benzene rings is 4. The van der Waals surface area contributed by atoms with Gasteiger partial charge in [0.2, 0.25) is 11.8 Å². The van der Waals surface area contributed by atoms with Gasteiger partial charge in [0.25, 0.3) is 10.0 Å². The van der Waals surface area contributed by atoms with Crippen molar-refractivity contribution < 1.29 is 27.5 Å². The van der Waals surface area contributed by atoms with Crippen molar-refractivity contribution in [3.05, 3.63) is 118 Å². The van der Waals surface area contributed by atoms with Crippen LogP contribution in [0.3, 0.4) is 0 Å². The van der Waals surface area contributed by atoms with Gasteiger partial charge < -0.3 is 19.7 Å². The number of nitrogens with one attached hydrogen (secondary N) is 1. The first-order valence-corrected chi connectivity index (χ1v) is 17.6. The lowest BCUT2D eigenvalue weighted by Crippen LogP contribution is -2.54. The van der Waals surface area contributed by atoms with Gasteiger partial charge in [-0.3, -0.25) is 13.9 Å². The second kappa shape index (κ2) is 16.7. The Hall–Kier alpha value is -4.25. The molecule has 0 spiro atoms. The molecule has 0 unspecified atom stereocenters. The van der Waals surface area contributed by atoms with Crippen molar-refractivity contribution in [1.29, 1.82) is 0 Å². The van der Waals surface area contributed by atoms with Gasteiger partial charge in [0.1, 0.15) is 12.6 Å². The van der Waals surface area contributed by atoms with Gasteiger partial charge >= 0.3 is 0 Å². The molecule has 0 saturated carbocycles. The van der Waals surface area contributed by atoms with Gasteiger partial charge in [0.15, 0.2) is 11.5 Å². The molecule has 12 heteroatoms. The van der Waals surface area contributed by atoms with Crippen molar-refractivity contribution in [3.63, 3.8) is 0 Å². The van der Waals surface area contributed by atoms with E-state index in [1.807, 2.05) is 44.2 Å². The molecule has 0 bridgehead atoms. The number of nitrogens with zero attached hydrogens (tertiary/aromatic N) is 2. The number of halogens is 2. The second-order valence-corrected chi connectivity index (χ2v) is 13.9. The summed E-state index contributed by atoms with van der Waals surface area (Å²) in [6.07, 6.45) is 0.847. The van der Waals surface area contributed by atoms with Crippen LogP contribution in [0.2, 0.25) is 10.0 Å². The minimum absolute atomic E-state index is 0.0840. The van der Waals surface area contributed by atoms with E-state index >= 15 is 0 Å². The number of sulfonamides is 1. The first kappa shape index (κ1) is 36.6. The molecule has 0 aliphatic heterocycles. The monoisotopic (exact) mass is 711 g/mol. The van der Waals surface area contributed by atoms with Crippen LogP contribution < -0.4 is 19.1 Å². The van der Waals surface area contributed by atoms with E-state index in [2.05, 4.69) is 5.32 Å². The summed E-state index contributed by atoms with van der Waals surface area (Å²) in [4.78, 5) is 29.9. The Morgan fingerprint density at radius 2 is 1.50 bits per heavy atom. The van der Waals surface area contributed by atoms with E-state index in [0.29, 0.717) is 27.8 Å². The van der Waals surface area contributed by atoms with Crippen LogP contribution in [0.1, 0.15) is 31.4 Å². The van der Waals surface area contributed by atoms with Crippen molar-refractivity contribution in [3.8, 4) is 11.5 Å². The maximum atomic E-state index is 14.6. The average molecular weight is 713 g/mol. The number of para-hydroxylation sites is 1. The molecule has 2 amide bonds. The fourth-order valence-corrected chi connectivity index (χ4v) is 6.95. The van der Waals surface area contributed by atoms with Crippen LogP contribution in [0.4, 0.5) is 5.69 Å². The molecule has 0 fully saturated rings. The zero-order valence-corrected chi connectivity index (χ0v) is 29.6. The third-order valence-corrected chi connectivity index (χ3v) is 10.3. The molecule has 0 aromatic heterocycles. The van der Waals surface area contributed by atoms with Gasteiger partial charge in [-0.15, -0.1) is 0 Å². The summed E-state index contributed by atoms with van der Waals surface area (Å²) >= 11 is 12.8. The van der Waals surface area contributed by atoms with Crippen molar-refractivity contribution in [2.24, 2.45) is 0 Å². The third-order valence-electron chi connectivity index (χ3n) is 7.89. The Morgan fingerprint density at radius 1 is 0.854 bits per heavy atom. The fourth-order valence-electron chi connectivity index (χ4n) is 5.06. The van der Waals surface area contributed by atoms with Crippen molar-refractivity contribution in [2.45, 2.75) is 50.2 Å². The Labute approximate surface area is 292 Å². The number of rotatable bonds is 15. The van der Waals surface area contributed by atoms with Gasteiger partial charge in [0, 0.05) is 35.1 Å². The van der Waals surface area contributed by atoms with Gasteiger partial charge in [-0.1, -0.05) is 84.7 Å². The molecule has 1 N–H and O–H groups in total. The first-order chi connectivity index (χ1) is 23.0. The zero-order valence-electron chi connectivity index (χ0n) is 27.2. The van der Waals surface area contributed by atoms with Crippen LogP contribution >= 0.6 is 23.2 Å². The number of methoxy groups -OCH3 is 2. The highest BCUT2D eigenvalue weighted by atomic mass is 35.5. The molecule has 0 aliphatic carbocycles.